The minimum atomic E-state index is -0.698. The molecule has 0 saturated carbocycles. The van der Waals surface area contributed by atoms with Gasteiger partial charge in [-0.05, 0) is 32.4 Å². The van der Waals surface area contributed by atoms with E-state index in [0.29, 0.717) is 5.56 Å². The van der Waals surface area contributed by atoms with Crippen molar-refractivity contribution in [1.82, 2.24) is 0 Å². The Morgan fingerprint density at radius 3 is 2.41 bits per heavy atom. The topological polar surface area (TPSA) is 95.7 Å². The molecule has 0 spiro atoms. The zero-order valence-corrected chi connectivity index (χ0v) is 12.8. The molecule has 0 unspecified atom stereocenters. The van der Waals surface area contributed by atoms with E-state index < -0.39 is 10.9 Å². The first kappa shape index (κ1) is 19.3. The lowest BCUT2D eigenvalue weighted by Crippen LogP contribution is -2.11. The van der Waals surface area contributed by atoms with Crippen molar-refractivity contribution in [3.05, 3.63) is 51.6 Å². The molecular weight excluding hydrogens is 290 g/mol. The standard InChI is InChI=1S/C11H11NO6.C4H8/c1-8-4-9(6-10(5-8)12(15)16)11(14)18-3-2-17-7-13;1-4(2)3/h4-7H,2-3H2,1H3;1H2,2-3H3. The number of benzene rings is 1. The van der Waals surface area contributed by atoms with Gasteiger partial charge in [0.05, 0.1) is 10.5 Å². The number of ether oxygens (including phenoxy) is 2. The Bertz CT molecular complexity index is 549. The van der Waals surface area contributed by atoms with E-state index in [9.17, 15) is 19.7 Å². The highest BCUT2D eigenvalue weighted by molar-refractivity contribution is 5.90. The van der Waals surface area contributed by atoms with Crippen molar-refractivity contribution in [2.24, 2.45) is 0 Å². The second kappa shape index (κ2) is 10.1. The number of carbonyl (C=O) groups excluding carboxylic acids is 2. The number of esters is 1. The molecule has 0 amide bonds. The Morgan fingerprint density at radius 2 is 1.91 bits per heavy atom. The SMILES string of the molecule is C=C(C)C.Cc1cc(C(=O)OCCOC=O)cc([N+](=O)[O-])c1. The maximum Gasteiger partial charge on any atom is 0.338 e. The van der Waals surface area contributed by atoms with Crippen LogP contribution < -0.4 is 0 Å². The van der Waals surface area contributed by atoms with Gasteiger partial charge in [-0.25, -0.2) is 4.79 Å². The van der Waals surface area contributed by atoms with Crippen LogP contribution in [0.25, 0.3) is 0 Å². The summed E-state index contributed by atoms with van der Waals surface area (Å²) in [5.41, 5.74) is 1.67. The summed E-state index contributed by atoms with van der Waals surface area (Å²) < 4.78 is 9.11. The van der Waals surface area contributed by atoms with Crippen molar-refractivity contribution >= 4 is 18.1 Å². The Labute approximate surface area is 128 Å². The zero-order valence-electron chi connectivity index (χ0n) is 12.8. The number of carbonyl (C=O) groups is 2. The molecule has 22 heavy (non-hydrogen) atoms. The van der Waals surface area contributed by atoms with Gasteiger partial charge < -0.3 is 9.47 Å². The van der Waals surface area contributed by atoms with E-state index in [0.717, 1.165) is 6.07 Å². The molecule has 1 aromatic rings. The van der Waals surface area contributed by atoms with Gasteiger partial charge in [-0.3, -0.25) is 14.9 Å². The first-order chi connectivity index (χ1) is 10.3. The average molecular weight is 309 g/mol. The Morgan fingerprint density at radius 1 is 1.32 bits per heavy atom. The smallest absolute Gasteiger partial charge is 0.338 e. The molecule has 0 aliphatic rings. The number of nitro groups is 1. The van der Waals surface area contributed by atoms with Crippen LogP contribution in [0.5, 0.6) is 0 Å². The van der Waals surface area contributed by atoms with Crippen LogP contribution >= 0.6 is 0 Å². The van der Waals surface area contributed by atoms with Crippen LogP contribution in [0, 0.1) is 17.0 Å². The molecule has 0 bridgehead atoms. The molecule has 1 rings (SSSR count). The molecule has 7 nitrogen and oxygen atoms in total. The first-order valence-corrected chi connectivity index (χ1v) is 6.38. The summed E-state index contributed by atoms with van der Waals surface area (Å²) in [7, 11) is 0. The molecule has 0 radical (unpaired) electrons. The maximum atomic E-state index is 11.5. The van der Waals surface area contributed by atoms with Gasteiger partial charge in [0.15, 0.2) is 0 Å². The summed E-state index contributed by atoms with van der Waals surface area (Å²) in [5, 5.41) is 10.6. The van der Waals surface area contributed by atoms with Gasteiger partial charge in [-0.1, -0.05) is 5.57 Å². The second-order valence-electron chi connectivity index (χ2n) is 4.62. The van der Waals surface area contributed by atoms with E-state index in [4.69, 9.17) is 4.74 Å². The number of hydrogen-bond acceptors (Lipinski definition) is 6. The maximum absolute atomic E-state index is 11.5. The molecule has 0 aliphatic heterocycles. The second-order valence-corrected chi connectivity index (χ2v) is 4.62. The quantitative estimate of drug-likeness (QED) is 0.200. The van der Waals surface area contributed by atoms with Crippen LogP contribution in [0.2, 0.25) is 0 Å². The molecule has 7 heteroatoms. The van der Waals surface area contributed by atoms with Crippen LogP contribution in [-0.4, -0.2) is 30.6 Å². The monoisotopic (exact) mass is 309 g/mol. The Balaban J connectivity index is 0.000000980. The van der Waals surface area contributed by atoms with Gasteiger partial charge in [0.1, 0.15) is 13.2 Å². The molecular formula is C15H19NO6. The van der Waals surface area contributed by atoms with Crippen molar-refractivity contribution < 1.29 is 24.0 Å². The molecule has 0 aromatic heterocycles. The normalized spacial score (nSPS) is 9.05. The van der Waals surface area contributed by atoms with E-state index in [1.165, 1.54) is 17.7 Å². The summed E-state index contributed by atoms with van der Waals surface area (Å²) in [6.07, 6.45) is 0. The summed E-state index contributed by atoms with van der Waals surface area (Å²) in [6.45, 7) is 9.23. The fourth-order valence-electron chi connectivity index (χ4n) is 1.30. The third-order valence-corrected chi connectivity index (χ3v) is 2.01. The highest BCUT2D eigenvalue weighted by atomic mass is 16.6. The number of rotatable bonds is 6. The van der Waals surface area contributed by atoms with Crippen LogP contribution in [-0.2, 0) is 14.3 Å². The summed E-state index contributed by atoms with van der Waals surface area (Å²) in [6, 6.07) is 3.97. The van der Waals surface area contributed by atoms with E-state index in [-0.39, 0.29) is 30.9 Å². The molecule has 1 aromatic carbocycles. The molecule has 0 atom stereocenters. The molecule has 120 valence electrons. The summed E-state index contributed by atoms with van der Waals surface area (Å²) >= 11 is 0. The average Bonchev–Trinajstić information content (AvgIpc) is 2.42. The van der Waals surface area contributed by atoms with Crippen LogP contribution in [0.1, 0.15) is 29.8 Å². The number of allylic oxidation sites excluding steroid dienone is 1. The minimum Gasteiger partial charge on any atom is -0.464 e. The molecule has 0 saturated heterocycles. The lowest BCUT2D eigenvalue weighted by Gasteiger charge is -2.04. The van der Waals surface area contributed by atoms with E-state index in [2.05, 4.69) is 11.3 Å². The Hall–Kier alpha value is -2.70. The van der Waals surface area contributed by atoms with Gasteiger partial charge >= 0.3 is 5.97 Å². The third-order valence-electron chi connectivity index (χ3n) is 2.01. The molecule has 0 fully saturated rings. The van der Waals surface area contributed by atoms with Crippen molar-refractivity contribution in [3.8, 4) is 0 Å². The van der Waals surface area contributed by atoms with Crippen LogP contribution in [0.15, 0.2) is 30.4 Å². The predicted octanol–water partition coefficient (Wildman–Crippen LogP) is 2.82. The van der Waals surface area contributed by atoms with Gasteiger partial charge in [-0.2, -0.15) is 0 Å². The predicted molar refractivity (Wildman–Crippen MR) is 80.6 cm³/mol. The van der Waals surface area contributed by atoms with Gasteiger partial charge in [-0.15, -0.1) is 6.58 Å². The number of nitro benzene ring substituents is 1. The van der Waals surface area contributed by atoms with E-state index in [1.807, 2.05) is 13.8 Å². The van der Waals surface area contributed by atoms with Gasteiger partial charge in [0.25, 0.3) is 12.2 Å². The van der Waals surface area contributed by atoms with E-state index in [1.54, 1.807) is 6.92 Å². The van der Waals surface area contributed by atoms with Crippen molar-refractivity contribution in [2.75, 3.05) is 13.2 Å². The number of aryl methyl sites for hydroxylation is 1. The number of non-ortho nitro benzene ring substituents is 1. The van der Waals surface area contributed by atoms with Gasteiger partial charge in [0, 0.05) is 12.1 Å². The van der Waals surface area contributed by atoms with Crippen molar-refractivity contribution in [3.63, 3.8) is 0 Å². The summed E-state index contributed by atoms with van der Waals surface area (Å²) in [4.78, 5) is 31.4. The number of hydrogen-bond donors (Lipinski definition) is 0. The summed E-state index contributed by atoms with van der Waals surface area (Å²) in [5.74, 6) is -0.698. The highest BCUT2D eigenvalue weighted by Gasteiger charge is 2.14. The fraction of sp³-hybridized carbons (Fsp3) is 0.333. The van der Waals surface area contributed by atoms with Crippen molar-refractivity contribution in [2.45, 2.75) is 20.8 Å². The highest BCUT2D eigenvalue weighted by Crippen LogP contribution is 2.17. The van der Waals surface area contributed by atoms with Crippen molar-refractivity contribution in [1.29, 1.82) is 0 Å². The third kappa shape index (κ3) is 8.47. The lowest BCUT2D eigenvalue weighted by molar-refractivity contribution is -0.384. The van der Waals surface area contributed by atoms with Crippen LogP contribution in [0.4, 0.5) is 5.69 Å². The number of nitrogens with zero attached hydrogens (tertiary/aromatic N) is 1. The molecule has 0 N–H and O–H groups in total. The minimum absolute atomic E-state index is 0.0524. The molecule has 0 aliphatic carbocycles. The lowest BCUT2D eigenvalue weighted by atomic mass is 10.1. The van der Waals surface area contributed by atoms with E-state index >= 15 is 0 Å². The van der Waals surface area contributed by atoms with Gasteiger partial charge in [0.2, 0.25) is 0 Å². The molecule has 0 heterocycles. The van der Waals surface area contributed by atoms with Crippen LogP contribution in [0.3, 0.4) is 0 Å². The largest absolute Gasteiger partial charge is 0.464 e. The first-order valence-electron chi connectivity index (χ1n) is 6.38. The fourth-order valence-corrected chi connectivity index (χ4v) is 1.30. The Kier molecular flexibility index (Phi) is 8.85. The zero-order chi connectivity index (χ0) is 17.1.